The molecule has 0 saturated heterocycles. The molecule has 8 heteroatoms. The molecule has 0 bridgehead atoms. The highest BCUT2D eigenvalue weighted by Gasteiger charge is 2.20. The van der Waals surface area contributed by atoms with E-state index in [-0.39, 0.29) is 15.3 Å². The molecule has 3 aromatic rings. The van der Waals surface area contributed by atoms with Gasteiger partial charge in [-0.25, -0.2) is 8.42 Å². The van der Waals surface area contributed by atoms with Gasteiger partial charge in [-0.3, -0.25) is 4.72 Å². The molecule has 0 saturated carbocycles. The SMILES string of the molecule is O=S(=O)(Nc1cc(O)n(O)c1O)c1ccc(-c2ccccc2)cc1. The molecule has 7 nitrogen and oxygen atoms in total. The third kappa shape index (κ3) is 2.86. The van der Waals surface area contributed by atoms with Crippen LogP contribution in [0.5, 0.6) is 11.8 Å². The van der Waals surface area contributed by atoms with Crippen LogP contribution in [0.1, 0.15) is 0 Å². The second kappa shape index (κ2) is 5.82. The fourth-order valence-electron chi connectivity index (χ4n) is 2.21. The van der Waals surface area contributed by atoms with E-state index in [0.717, 1.165) is 17.2 Å². The van der Waals surface area contributed by atoms with Crippen molar-refractivity contribution in [2.45, 2.75) is 4.90 Å². The number of benzene rings is 2. The number of sulfonamides is 1. The Morgan fingerprint density at radius 2 is 1.46 bits per heavy atom. The molecule has 0 unspecified atom stereocenters. The van der Waals surface area contributed by atoms with E-state index in [0.29, 0.717) is 0 Å². The van der Waals surface area contributed by atoms with E-state index >= 15 is 0 Å². The van der Waals surface area contributed by atoms with Gasteiger partial charge in [0, 0.05) is 6.07 Å². The zero-order valence-electron chi connectivity index (χ0n) is 12.3. The average molecular weight is 346 g/mol. The first kappa shape index (κ1) is 15.8. The highest BCUT2D eigenvalue weighted by molar-refractivity contribution is 7.92. The highest BCUT2D eigenvalue weighted by Crippen LogP contribution is 2.32. The summed E-state index contributed by atoms with van der Waals surface area (Å²) in [7, 11) is -3.98. The molecule has 0 spiro atoms. The minimum atomic E-state index is -3.98. The van der Waals surface area contributed by atoms with Crippen LogP contribution in [0.2, 0.25) is 0 Å². The van der Waals surface area contributed by atoms with Gasteiger partial charge in [0.05, 0.1) is 4.90 Å². The van der Waals surface area contributed by atoms with Crippen molar-refractivity contribution in [3.8, 4) is 22.9 Å². The Morgan fingerprint density at radius 3 is 2.00 bits per heavy atom. The van der Waals surface area contributed by atoms with Crippen LogP contribution in [0, 0.1) is 0 Å². The first-order valence-corrected chi connectivity index (χ1v) is 8.38. The first-order valence-electron chi connectivity index (χ1n) is 6.90. The van der Waals surface area contributed by atoms with Crippen molar-refractivity contribution >= 4 is 15.7 Å². The standard InChI is InChI=1S/C16H14N2O5S/c19-15-10-14(16(20)18(15)21)17-24(22,23)13-8-6-12(7-9-13)11-4-2-1-3-5-11/h1-10,17,19-21H. The molecule has 2 aromatic carbocycles. The third-order valence-electron chi connectivity index (χ3n) is 3.45. The minimum absolute atomic E-state index is 0.0215. The molecule has 0 aliphatic rings. The van der Waals surface area contributed by atoms with Crippen LogP contribution in [0.4, 0.5) is 5.69 Å². The van der Waals surface area contributed by atoms with E-state index in [1.54, 1.807) is 12.1 Å². The zero-order chi connectivity index (χ0) is 17.3. The molecule has 124 valence electrons. The van der Waals surface area contributed by atoms with Gasteiger partial charge in [-0.2, -0.15) is 0 Å². The molecule has 0 radical (unpaired) electrons. The summed E-state index contributed by atoms with van der Waals surface area (Å²) in [5.41, 5.74) is 1.48. The zero-order valence-corrected chi connectivity index (χ0v) is 13.1. The predicted molar refractivity (Wildman–Crippen MR) is 87.6 cm³/mol. The van der Waals surface area contributed by atoms with Crippen molar-refractivity contribution in [2.75, 3.05) is 4.72 Å². The number of rotatable bonds is 4. The fraction of sp³-hybridized carbons (Fsp3) is 0. The summed E-state index contributed by atoms with van der Waals surface area (Å²) >= 11 is 0. The van der Waals surface area contributed by atoms with Crippen molar-refractivity contribution in [3.05, 3.63) is 60.7 Å². The maximum absolute atomic E-state index is 12.3. The maximum Gasteiger partial charge on any atom is 0.262 e. The van der Waals surface area contributed by atoms with Gasteiger partial charge in [-0.15, -0.1) is 4.73 Å². The largest absolute Gasteiger partial charge is 0.492 e. The molecule has 3 rings (SSSR count). The molecule has 0 aliphatic heterocycles. The van der Waals surface area contributed by atoms with E-state index in [2.05, 4.69) is 4.72 Å². The number of hydrogen-bond acceptors (Lipinski definition) is 5. The summed E-state index contributed by atoms with van der Waals surface area (Å²) in [5.74, 6) is -1.50. The topological polar surface area (TPSA) is 112 Å². The van der Waals surface area contributed by atoms with E-state index in [4.69, 9.17) is 0 Å². The molecule has 4 N–H and O–H groups in total. The molecular weight excluding hydrogens is 332 g/mol. The lowest BCUT2D eigenvalue weighted by Crippen LogP contribution is -2.12. The van der Waals surface area contributed by atoms with Gasteiger partial charge in [0.25, 0.3) is 15.9 Å². The van der Waals surface area contributed by atoms with E-state index in [1.165, 1.54) is 12.1 Å². The van der Waals surface area contributed by atoms with Crippen molar-refractivity contribution in [2.24, 2.45) is 0 Å². The Hall–Kier alpha value is -3.13. The van der Waals surface area contributed by atoms with Crippen LogP contribution < -0.4 is 4.72 Å². The molecule has 0 aliphatic carbocycles. The molecule has 1 heterocycles. The van der Waals surface area contributed by atoms with Crippen molar-refractivity contribution < 1.29 is 23.8 Å². The Balaban J connectivity index is 1.89. The highest BCUT2D eigenvalue weighted by atomic mass is 32.2. The first-order chi connectivity index (χ1) is 11.4. The summed E-state index contributed by atoms with van der Waals surface area (Å²) in [5, 5.41) is 28.1. The summed E-state index contributed by atoms with van der Waals surface area (Å²) in [6.45, 7) is 0. The summed E-state index contributed by atoms with van der Waals surface area (Å²) in [6, 6.07) is 16.6. The fourth-order valence-corrected chi connectivity index (χ4v) is 3.27. The summed E-state index contributed by atoms with van der Waals surface area (Å²) in [4.78, 5) is -0.0215. The number of nitrogens with one attached hydrogen (secondary N) is 1. The van der Waals surface area contributed by atoms with Gasteiger partial charge in [-0.1, -0.05) is 42.5 Å². The van der Waals surface area contributed by atoms with Gasteiger partial charge < -0.3 is 15.4 Å². The normalized spacial score (nSPS) is 11.3. The molecule has 24 heavy (non-hydrogen) atoms. The second-order valence-electron chi connectivity index (χ2n) is 5.05. The Kier molecular flexibility index (Phi) is 3.82. The van der Waals surface area contributed by atoms with Crippen LogP contribution in [-0.2, 0) is 10.0 Å². The minimum Gasteiger partial charge on any atom is -0.492 e. The van der Waals surface area contributed by atoms with Gasteiger partial charge in [0.2, 0.25) is 5.88 Å². The lowest BCUT2D eigenvalue weighted by Gasteiger charge is -2.08. The van der Waals surface area contributed by atoms with E-state index < -0.39 is 21.8 Å². The number of aromatic hydroxyl groups is 2. The Morgan fingerprint density at radius 1 is 0.875 bits per heavy atom. The van der Waals surface area contributed by atoms with Crippen LogP contribution >= 0.6 is 0 Å². The number of nitrogens with zero attached hydrogens (tertiary/aromatic N) is 1. The lowest BCUT2D eigenvalue weighted by molar-refractivity contribution is 0.131. The molecule has 1 aromatic heterocycles. The van der Waals surface area contributed by atoms with Crippen molar-refractivity contribution in [1.29, 1.82) is 0 Å². The van der Waals surface area contributed by atoms with Crippen LogP contribution in [0.15, 0.2) is 65.6 Å². The molecule has 0 amide bonds. The van der Waals surface area contributed by atoms with Crippen molar-refractivity contribution in [3.63, 3.8) is 0 Å². The van der Waals surface area contributed by atoms with E-state index in [9.17, 15) is 23.8 Å². The predicted octanol–water partition coefficient (Wildman–Crippen LogP) is 2.60. The van der Waals surface area contributed by atoms with Crippen LogP contribution in [0.25, 0.3) is 11.1 Å². The average Bonchev–Trinajstić information content (AvgIpc) is 2.82. The van der Waals surface area contributed by atoms with Gasteiger partial charge in [0.1, 0.15) is 5.69 Å². The Bertz CT molecular complexity index is 964. The lowest BCUT2D eigenvalue weighted by atomic mass is 10.1. The van der Waals surface area contributed by atoms with Crippen LogP contribution in [-0.4, -0.2) is 28.6 Å². The molecular formula is C16H14N2O5S. The quantitative estimate of drug-likeness (QED) is 0.543. The monoisotopic (exact) mass is 346 g/mol. The summed E-state index contributed by atoms with van der Waals surface area (Å²) < 4.78 is 26.8. The van der Waals surface area contributed by atoms with Gasteiger partial charge in [0.15, 0.2) is 0 Å². The second-order valence-corrected chi connectivity index (χ2v) is 6.73. The molecule has 0 fully saturated rings. The van der Waals surface area contributed by atoms with E-state index in [1.807, 2.05) is 30.3 Å². The number of aromatic nitrogens is 1. The third-order valence-corrected chi connectivity index (χ3v) is 4.83. The number of anilines is 1. The summed E-state index contributed by atoms with van der Waals surface area (Å²) in [6.07, 6.45) is 0. The maximum atomic E-state index is 12.3. The smallest absolute Gasteiger partial charge is 0.262 e. The Labute approximate surface area is 138 Å². The van der Waals surface area contributed by atoms with Crippen molar-refractivity contribution in [1.82, 2.24) is 4.73 Å². The van der Waals surface area contributed by atoms with Gasteiger partial charge in [-0.05, 0) is 23.3 Å². The van der Waals surface area contributed by atoms with Gasteiger partial charge >= 0.3 is 0 Å². The van der Waals surface area contributed by atoms with Crippen LogP contribution in [0.3, 0.4) is 0 Å². The number of hydrogen-bond donors (Lipinski definition) is 4. The molecule has 0 atom stereocenters.